The first kappa shape index (κ1) is 22.5. The SMILES string of the molecule is CC(OCCCCOC(C)Oc1ccc(N2C(=O)C=CC2=O)cc1)Oc1ccccc1. The third kappa shape index (κ3) is 6.94. The molecule has 2 atom stereocenters. The van der Waals surface area contributed by atoms with Gasteiger partial charge in [0.1, 0.15) is 11.5 Å². The van der Waals surface area contributed by atoms with Gasteiger partial charge in [-0.3, -0.25) is 9.59 Å². The highest BCUT2D eigenvalue weighted by Crippen LogP contribution is 2.23. The number of unbranched alkanes of at least 4 members (excludes halogenated alkanes) is 1. The number of carbonyl (C=O) groups is 2. The summed E-state index contributed by atoms with van der Waals surface area (Å²) in [5.41, 5.74) is 0.506. The van der Waals surface area contributed by atoms with E-state index in [9.17, 15) is 9.59 Å². The van der Waals surface area contributed by atoms with Crippen molar-refractivity contribution >= 4 is 17.5 Å². The highest BCUT2D eigenvalue weighted by molar-refractivity contribution is 6.28. The van der Waals surface area contributed by atoms with Gasteiger partial charge in [-0.1, -0.05) is 18.2 Å². The van der Waals surface area contributed by atoms with Crippen LogP contribution < -0.4 is 14.4 Å². The molecule has 0 fully saturated rings. The monoisotopic (exact) mass is 425 g/mol. The number of rotatable bonds is 12. The number of anilines is 1. The summed E-state index contributed by atoms with van der Waals surface area (Å²) in [6, 6.07) is 16.3. The number of amides is 2. The van der Waals surface area contributed by atoms with E-state index in [4.69, 9.17) is 18.9 Å². The molecule has 2 unspecified atom stereocenters. The quantitative estimate of drug-likeness (QED) is 0.290. The van der Waals surface area contributed by atoms with Gasteiger partial charge in [0.05, 0.1) is 18.9 Å². The Kier molecular flexibility index (Phi) is 8.20. The fourth-order valence-corrected chi connectivity index (χ4v) is 2.98. The molecule has 0 aromatic heterocycles. The summed E-state index contributed by atoms with van der Waals surface area (Å²) in [6.45, 7) is 4.81. The minimum absolute atomic E-state index is 0.310. The van der Waals surface area contributed by atoms with Gasteiger partial charge in [0.25, 0.3) is 11.8 Å². The van der Waals surface area contributed by atoms with Gasteiger partial charge in [0.2, 0.25) is 0 Å². The van der Waals surface area contributed by atoms with Crippen molar-refractivity contribution in [2.75, 3.05) is 18.1 Å². The Morgan fingerprint density at radius 2 is 1.19 bits per heavy atom. The molecule has 7 nitrogen and oxygen atoms in total. The molecule has 0 aliphatic carbocycles. The molecule has 0 N–H and O–H groups in total. The zero-order valence-electron chi connectivity index (χ0n) is 17.7. The molecular formula is C24H27NO6. The number of hydrogen-bond donors (Lipinski definition) is 0. The summed E-state index contributed by atoms with van der Waals surface area (Å²) in [5, 5.41) is 0. The first-order chi connectivity index (χ1) is 15.0. The highest BCUT2D eigenvalue weighted by atomic mass is 16.7. The lowest BCUT2D eigenvalue weighted by molar-refractivity contribution is -0.120. The molecule has 2 aromatic rings. The third-order valence-electron chi connectivity index (χ3n) is 4.50. The molecule has 0 spiro atoms. The Morgan fingerprint density at radius 3 is 1.71 bits per heavy atom. The molecule has 1 heterocycles. The number of ether oxygens (including phenoxy) is 4. The van der Waals surface area contributed by atoms with Crippen LogP contribution in [0.3, 0.4) is 0 Å². The average molecular weight is 425 g/mol. The lowest BCUT2D eigenvalue weighted by atomic mass is 10.3. The molecule has 1 aliphatic heterocycles. The maximum atomic E-state index is 11.7. The van der Waals surface area contributed by atoms with Gasteiger partial charge in [-0.25, -0.2) is 4.90 Å². The van der Waals surface area contributed by atoms with Crippen molar-refractivity contribution in [1.29, 1.82) is 0 Å². The van der Waals surface area contributed by atoms with E-state index >= 15 is 0 Å². The largest absolute Gasteiger partial charge is 0.465 e. The molecule has 2 amide bonds. The summed E-state index contributed by atoms with van der Waals surface area (Å²) in [7, 11) is 0. The Morgan fingerprint density at radius 1 is 0.710 bits per heavy atom. The number of nitrogens with zero attached hydrogens (tertiary/aromatic N) is 1. The van der Waals surface area contributed by atoms with Crippen LogP contribution in [-0.4, -0.2) is 37.6 Å². The Labute approximate surface area is 182 Å². The predicted molar refractivity (Wildman–Crippen MR) is 116 cm³/mol. The summed E-state index contributed by atoms with van der Waals surface area (Å²) in [6.07, 6.45) is 3.45. The first-order valence-electron chi connectivity index (χ1n) is 10.3. The van der Waals surface area contributed by atoms with Crippen molar-refractivity contribution in [2.24, 2.45) is 0 Å². The molecule has 0 radical (unpaired) electrons. The van der Waals surface area contributed by atoms with E-state index in [-0.39, 0.29) is 18.1 Å². The highest BCUT2D eigenvalue weighted by Gasteiger charge is 2.24. The van der Waals surface area contributed by atoms with Crippen molar-refractivity contribution in [1.82, 2.24) is 0 Å². The average Bonchev–Trinajstić information content (AvgIpc) is 3.10. The second-order valence-electron chi connectivity index (χ2n) is 6.97. The number of hydrogen-bond acceptors (Lipinski definition) is 6. The van der Waals surface area contributed by atoms with Gasteiger partial charge in [-0.15, -0.1) is 0 Å². The van der Waals surface area contributed by atoms with E-state index in [1.807, 2.05) is 44.2 Å². The summed E-state index contributed by atoms with van der Waals surface area (Å²) in [5.74, 6) is 0.687. The van der Waals surface area contributed by atoms with Gasteiger partial charge >= 0.3 is 0 Å². The zero-order valence-corrected chi connectivity index (χ0v) is 17.7. The van der Waals surface area contributed by atoms with E-state index in [0.717, 1.165) is 23.5 Å². The molecule has 7 heteroatoms. The van der Waals surface area contributed by atoms with Crippen LogP contribution >= 0.6 is 0 Å². The van der Waals surface area contributed by atoms with Crippen molar-refractivity contribution in [3.05, 3.63) is 66.7 Å². The fraction of sp³-hybridized carbons (Fsp3) is 0.333. The van der Waals surface area contributed by atoms with Crippen LogP contribution in [-0.2, 0) is 19.1 Å². The Balaban J connectivity index is 1.28. The molecule has 0 saturated carbocycles. The van der Waals surface area contributed by atoms with Gasteiger partial charge < -0.3 is 18.9 Å². The standard InChI is InChI=1S/C24H27NO6/c1-18(30-21-8-4-3-5-9-21)28-16-6-7-17-29-19(2)31-22-12-10-20(11-13-22)25-23(26)14-15-24(25)27/h3-5,8-15,18-19H,6-7,16-17H2,1-2H3. The van der Waals surface area contributed by atoms with Gasteiger partial charge in [0.15, 0.2) is 12.6 Å². The topological polar surface area (TPSA) is 74.3 Å². The Hall–Kier alpha value is -3.16. The smallest absolute Gasteiger partial charge is 0.258 e. The van der Waals surface area contributed by atoms with Crippen LogP contribution in [0.5, 0.6) is 11.5 Å². The van der Waals surface area contributed by atoms with E-state index in [1.165, 1.54) is 12.2 Å². The molecule has 164 valence electrons. The van der Waals surface area contributed by atoms with Gasteiger partial charge in [0, 0.05) is 12.2 Å². The predicted octanol–water partition coefficient (Wildman–Crippen LogP) is 4.08. The number of benzene rings is 2. The van der Waals surface area contributed by atoms with E-state index in [1.54, 1.807) is 24.3 Å². The Bertz CT molecular complexity index is 863. The molecule has 2 aromatic carbocycles. The van der Waals surface area contributed by atoms with Crippen molar-refractivity contribution in [3.63, 3.8) is 0 Å². The van der Waals surface area contributed by atoms with Crippen molar-refractivity contribution < 1.29 is 28.5 Å². The zero-order chi connectivity index (χ0) is 22.1. The van der Waals surface area contributed by atoms with Crippen LogP contribution in [0.1, 0.15) is 26.7 Å². The van der Waals surface area contributed by atoms with E-state index < -0.39 is 6.29 Å². The van der Waals surface area contributed by atoms with Crippen molar-refractivity contribution in [2.45, 2.75) is 39.3 Å². The van der Waals surface area contributed by atoms with E-state index in [0.29, 0.717) is 24.7 Å². The normalized spacial score (nSPS) is 15.2. The second-order valence-corrected chi connectivity index (χ2v) is 6.97. The minimum atomic E-state index is -0.427. The lowest BCUT2D eigenvalue weighted by Gasteiger charge is -2.18. The first-order valence-corrected chi connectivity index (χ1v) is 10.3. The number of imide groups is 1. The lowest BCUT2D eigenvalue weighted by Crippen LogP contribution is -2.29. The maximum absolute atomic E-state index is 11.7. The molecule has 0 saturated heterocycles. The molecule has 1 aliphatic rings. The molecule has 31 heavy (non-hydrogen) atoms. The number of para-hydroxylation sites is 1. The van der Waals surface area contributed by atoms with Crippen LogP contribution in [0, 0.1) is 0 Å². The summed E-state index contributed by atoms with van der Waals surface area (Å²) < 4.78 is 22.7. The van der Waals surface area contributed by atoms with E-state index in [2.05, 4.69) is 0 Å². The second kappa shape index (κ2) is 11.3. The van der Waals surface area contributed by atoms with Crippen molar-refractivity contribution in [3.8, 4) is 11.5 Å². The van der Waals surface area contributed by atoms with Gasteiger partial charge in [-0.05, 0) is 63.1 Å². The van der Waals surface area contributed by atoms with Gasteiger partial charge in [-0.2, -0.15) is 0 Å². The third-order valence-corrected chi connectivity index (χ3v) is 4.50. The van der Waals surface area contributed by atoms with Crippen LogP contribution in [0.2, 0.25) is 0 Å². The van der Waals surface area contributed by atoms with Crippen LogP contribution in [0.4, 0.5) is 5.69 Å². The maximum Gasteiger partial charge on any atom is 0.258 e. The molecule has 0 bridgehead atoms. The summed E-state index contributed by atoms with van der Waals surface area (Å²) >= 11 is 0. The number of carbonyl (C=O) groups excluding carboxylic acids is 2. The fourth-order valence-electron chi connectivity index (χ4n) is 2.98. The molecular weight excluding hydrogens is 398 g/mol. The summed E-state index contributed by atoms with van der Waals surface area (Å²) in [4.78, 5) is 24.5. The molecule has 3 rings (SSSR count). The van der Waals surface area contributed by atoms with Crippen LogP contribution in [0.15, 0.2) is 66.7 Å². The minimum Gasteiger partial charge on any atom is -0.465 e. The van der Waals surface area contributed by atoms with Crippen LogP contribution in [0.25, 0.3) is 0 Å².